The second kappa shape index (κ2) is 7.36. The van der Waals surface area contributed by atoms with Crippen LogP contribution in [-0.2, 0) is 10.5 Å². The fourth-order valence-corrected chi connectivity index (χ4v) is 3.11. The van der Waals surface area contributed by atoms with Crippen LogP contribution in [0.2, 0.25) is 0 Å². The van der Waals surface area contributed by atoms with Crippen LogP contribution in [0.3, 0.4) is 0 Å². The van der Waals surface area contributed by atoms with Crippen LogP contribution in [0.4, 0.5) is 0 Å². The molecule has 0 aliphatic carbocycles. The molecule has 0 saturated carbocycles. The molecule has 0 unspecified atom stereocenters. The van der Waals surface area contributed by atoms with Crippen molar-refractivity contribution in [3.8, 4) is 5.75 Å². The van der Waals surface area contributed by atoms with Gasteiger partial charge < -0.3 is 9.15 Å². The summed E-state index contributed by atoms with van der Waals surface area (Å²) in [6, 6.07) is 16.4. The van der Waals surface area contributed by atoms with Crippen molar-refractivity contribution in [2.24, 2.45) is 0 Å². The highest BCUT2D eigenvalue weighted by Crippen LogP contribution is 2.23. The first-order chi connectivity index (χ1) is 11.6. The van der Waals surface area contributed by atoms with Gasteiger partial charge in [0.05, 0.1) is 5.75 Å². The maximum absolute atomic E-state index is 12.0. The van der Waals surface area contributed by atoms with Gasteiger partial charge in [0.1, 0.15) is 11.3 Å². The van der Waals surface area contributed by atoms with E-state index in [4.69, 9.17) is 9.15 Å². The molecule has 0 N–H and O–H groups in total. The second-order valence-corrected chi connectivity index (χ2v) is 6.34. The standard InChI is InChI=1S/C19H16O4S/c1-13-9-18(20)23-17-8-7-15(10-16(13)17)22-19(21)12-24-11-14-5-3-2-4-6-14/h2-10H,11-12H2,1H3. The maximum Gasteiger partial charge on any atom is 0.336 e. The van der Waals surface area contributed by atoms with Gasteiger partial charge in [0, 0.05) is 17.2 Å². The predicted molar refractivity (Wildman–Crippen MR) is 95.5 cm³/mol. The molecular weight excluding hydrogens is 324 g/mol. The van der Waals surface area contributed by atoms with Crippen molar-refractivity contribution in [2.45, 2.75) is 12.7 Å². The lowest BCUT2D eigenvalue weighted by molar-refractivity contribution is -0.131. The summed E-state index contributed by atoms with van der Waals surface area (Å²) in [5, 5.41) is 0.761. The van der Waals surface area contributed by atoms with Crippen molar-refractivity contribution in [3.05, 3.63) is 76.1 Å². The average Bonchev–Trinajstić information content (AvgIpc) is 2.56. The molecule has 122 valence electrons. The van der Waals surface area contributed by atoms with Crippen LogP contribution in [0.1, 0.15) is 11.1 Å². The Hall–Kier alpha value is -2.53. The molecule has 0 aliphatic heterocycles. The van der Waals surface area contributed by atoms with Crippen molar-refractivity contribution in [1.82, 2.24) is 0 Å². The Kier molecular flexibility index (Phi) is 5.01. The molecule has 3 aromatic rings. The summed E-state index contributed by atoms with van der Waals surface area (Å²) in [6.45, 7) is 1.82. The smallest absolute Gasteiger partial charge is 0.336 e. The van der Waals surface area contributed by atoms with Crippen molar-refractivity contribution >= 4 is 28.7 Å². The third-order valence-electron chi connectivity index (χ3n) is 3.48. The van der Waals surface area contributed by atoms with E-state index < -0.39 is 0 Å². The van der Waals surface area contributed by atoms with Gasteiger partial charge in [0.2, 0.25) is 0 Å². The number of thioether (sulfide) groups is 1. The highest BCUT2D eigenvalue weighted by atomic mass is 32.2. The molecule has 0 spiro atoms. The van der Waals surface area contributed by atoms with E-state index in [1.165, 1.54) is 23.4 Å². The molecule has 1 heterocycles. The lowest BCUT2D eigenvalue weighted by atomic mass is 10.1. The summed E-state index contributed by atoms with van der Waals surface area (Å²) < 4.78 is 10.5. The third-order valence-corrected chi connectivity index (χ3v) is 4.46. The van der Waals surface area contributed by atoms with Crippen LogP contribution < -0.4 is 10.4 Å². The molecule has 0 atom stereocenters. The molecule has 2 aromatic carbocycles. The fraction of sp³-hybridized carbons (Fsp3) is 0.158. The van der Waals surface area contributed by atoms with Crippen LogP contribution in [0.5, 0.6) is 5.75 Å². The number of esters is 1. The van der Waals surface area contributed by atoms with Gasteiger partial charge in [0.15, 0.2) is 0 Å². The van der Waals surface area contributed by atoms with Crippen LogP contribution in [0, 0.1) is 6.92 Å². The number of ether oxygens (including phenoxy) is 1. The van der Waals surface area contributed by atoms with Crippen LogP contribution in [0.15, 0.2) is 63.8 Å². The zero-order valence-electron chi connectivity index (χ0n) is 13.2. The zero-order valence-corrected chi connectivity index (χ0v) is 14.0. The molecule has 0 aliphatic rings. The average molecular weight is 340 g/mol. The van der Waals surface area contributed by atoms with E-state index in [2.05, 4.69) is 0 Å². The van der Waals surface area contributed by atoms with Gasteiger partial charge in [-0.3, -0.25) is 4.79 Å². The number of hydrogen-bond donors (Lipinski definition) is 0. The molecule has 24 heavy (non-hydrogen) atoms. The number of aryl methyl sites for hydroxylation is 1. The summed E-state index contributed by atoms with van der Waals surface area (Å²) >= 11 is 1.51. The number of carbonyl (C=O) groups excluding carboxylic acids is 1. The van der Waals surface area contributed by atoms with E-state index in [-0.39, 0.29) is 17.3 Å². The van der Waals surface area contributed by atoms with Gasteiger partial charge in [-0.25, -0.2) is 4.79 Å². The molecular formula is C19H16O4S. The van der Waals surface area contributed by atoms with Crippen molar-refractivity contribution < 1.29 is 13.9 Å². The summed E-state index contributed by atoms with van der Waals surface area (Å²) in [6.07, 6.45) is 0. The molecule has 4 nitrogen and oxygen atoms in total. The number of hydrogen-bond acceptors (Lipinski definition) is 5. The summed E-state index contributed by atoms with van der Waals surface area (Å²) in [5.41, 5.74) is 2.06. The summed E-state index contributed by atoms with van der Waals surface area (Å²) in [7, 11) is 0. The zero-order chi connectivity index (χ0) is 16.9. The Labute approximate surface area is 143 Å². The lowest BCUT2D eigenvalue weighted by Gasteiger charge is -2.06. The van der Waals surface area contributed by atoms with Crippen molar-refractivity contribution in [1.29, 1.82) is 0 Å². The number of carbonyl (C=O) groups is 1. The van der Waals surface area contributed by atoms with Gasteiger partial charge in [-0.05, 0) is 36.2 Å². The Morgan fingerprint density at radius 1 is 1.12 bits per heavy atom. The molecule has 0 bridgehead atoms. The molecule has 0 amide bonds. The molecule has 0 radical (unpaired) electrons. The largest absolute Gasteiger partial charge is 0.426 e. The molecule has 0 fully saturated rings. The van der Waals surface area contributed by atoms with Crippen molar-refractivity contribution in [2.75, 3.05) is 5.75 Å². The Morgan fingerprint density at radius 2 is 1.92 bits per heavy atom. The minimum Gasteiger partial charge on any atom is -0.426 e. The van der Waals surface area contributed by atoms with Gasteiger partial charge >= 0.3 is 11.6 Å². The van der Waals surface area contributed by atoms with E-state index >= 15 is 0 Å². The lowest BCUT2D eigenvalue weighted by Crippen LogP contribution is -2.11. The predicted octanol–water partition coefficient (Wildman–Crippen LogP) is 3.94. The Bertz CT molecular complexity index is 916. The van der Waals surface area contributed by atoms with E-state index in [0.717, 1.165) is 16.7 Å². The van der Waals surface area contributed by atoms with Gasteiger partial charge in [-0.2, -0.15) is 0 Å². The van der Waals surface area contributed by atoms with E-state index in [1.54, 1.807) is 18.2 Å². The molecule has 1 aromatic heterocycles. The van der Waals surface area contributed by atoms with Crippen LogP contribution in [0.25, 0.3) is 11.0 Å². The Balaban J connectivity index is 1.62. The molecule has 3 rings (SSSR count). The minimum absolute atomic E-state index is 0.274. The third kappa shape index (κ3) is 4.06. The maximum atomic E-state index is 12.0. The van der Waals surface area contributed by atoms with Crippen molar-refractivity contribution in [3.63, 3.8) is 0 Å². The van der Waals surface area contributed by atoms with Gasteiger partial charge in [-0.1, -0.05) is 30.3 Å². The number of fused-ring (bicyclic) bond motifs is 1. The van der Waals surface area contributed by atoms with E-state index in [1.807, 2.05) is 37.3 Å². The fourth-order valence-electron chi connectivity index (χ4n) is 2.35. The van der Waals surface area contributed by atoms with E-state index in [0.29, 0.717) is 11.3 Å². The summed E-state index contributed by atoms with van der Waals surface area (Å²) in [5.74, 6) is 1.18. The first-order valence-corrected chi connectivity index (χ1v) is 8.64. The molecule has 0 saturated heterocycles. The SMILES string of the molecule is Cc1cc(=O)oc2ccc(OC(=O)CSCc3ccccc3)cc12. The second-order valence-electron chi connectivity index (χ2n) is 5.36. The first-order valence-electron chi connectivity index (χ1n) is 7.49. The highest BCUT2D eigenvalue weighted by Gasteiger charge is 2.08. The minimum atomic E-state index is -0.387. The van der Waals surface area contributed by atoms with E-state index in [9.17, 15) is 9.59 Å². The van der Waals surface area contributed by atoms with Gasteiger partial charge in [0.25, 0.3) is 0 Å². The summed E-state index contributed by atoms with van der Waals surface area (Å²) in [4.78, 5) is 23.3. The van der Waals surface area contributed by atoms with Crippen LogP contribution in [-0.4, -0.2) is 11.7 Å². The first kappa shape index (κ1) is 16.3. The normalized spacial score (nSPS) is 10.7. The molecule has 5 heteroatoms. The van der Waals surface area contributed by atoms with Crippen LogP contribution >= 0.6 is 11.8 Å². The van der Waals surface area contributed by atoms with Gasteiger partial charge in [-0.15, -0.1) is 11.8 Å². The topological polar surface area (TPSA) is 56.5 Å². The number of benzene rings is 2. The highest BCUT2D eigenvalue weighted by molar-refractivity contribution is 7.99. The Morgan fingerprint density at radius 3 is 2.71 bits per heavy atom. The monoisotopic (exact) mass is 340 g/mol. The quantitative estimate of drug-likeness (QED) is 0.400. The number of rotatable bonds is 5.